The Morgan fingerprint density at radius 2 is 2.15 bits per heavy atom. The summed E-state index contributed by atoms with van der Waals surface area (Å²) in [6, 6.07) is 2.14. The van der Waals surface area contributed by atoms with Crippen molar-refractivity contribution < 1.29 is 0 Å². The van der Waals surface area contributed by atoms with E-state index in [9.17, 15) is 0 Å². The predicted molar refractivity (Wildman–Crippen MR) is 54.9 cm³/mol. The molecule has 68 valence electrons. The topological polar surface area (TPSA) is 12.9 Å². The van der Waals surface area contributed by atoms with Gasteiger partial charge in [-0.2, -0.15) is 0 Å². The van der Waals surface area contributed by atoms with Crippen LogP contribution < -0.4 is 0 Å². The minimum absolute atomic E-state index is 0.600. The number of hydrogen-bond acceptors (Lipinski definition) is 1. The standard InChI is InChI=1S/C12H15N/c1-8(2)10-4-5-13-12-7-9(3)6-11(10)12/h4-5,8H,3,6-7H2,1-2H3. The molecule has 0 unspecified atom stereocenters. The minimum Gasteiger partial charge on any atom is -0.261 e. The van der Waals surface area contributed by atoms with Crippen molar-refractivity contribution in [1.29, 1.82) is 0 Å². The summed E-state index contributed by atoms with van der Waals surface area (Å²) in [6.07, 6.45) is 3.94. The monoisotopic (exact) mass is 173 g/mol. The van der Waals surface area contributed by atoms with Crippen LogP contribution in [0.3, 0.4) is 0 Å². The number of fused-ring (bicyclic) bond motifs is 1. The van der Waals surface area contributed by atoms with Gasteiger partial charge in [-0.1, -0.05) is 26.0 Å². The second-order valence-electron chi connectivity index (χ2n) is 4.08. The largest absolute Gasteiger partial charge is 0.261 e. The molecule has 13 heavy (non-hydrogen) atoms. The normalized spacial score (nSPS) is 15.2. The molecule has 1 aromatic rings. The van der Waals surface area contributed by atoms with E-state index in [0.29, 0.717) is 5.92 Å². The van der Waals surface area contributed by atoms with E-state index in [-0.39, 0.29) is 0 Å². The van der Waals surface area contributed by atoms with Crippen LogP contribution in [0.5, 0.6) is 0 Å². The molecule has 1 nitrogen and oxygen atoms in total. The third kappa shape index (κ3) is 1.39. The molecule has 1 heterocycles. The molecule has 0 saturated heterocycles. The molecule has 0 amide bonds. The van der Waals surface area contributed by atoms with Gasteiger partial charge in [-0.3, -0.25) is 4.98 Å². The fraction of sp³-hybridized carbons (Fsp3) is 0.417. The van der Waals surface area contributed by atoms with Gasteiger partial charge >= 0.3 is 0 Å². The predicted octanol–water partition coefficient (Wildman–Crippen LogP) is 2.86. The van der Waals surface area contributed by atoms with Gasteiger partial charge in [-0.25, -0.2) is 0 Å². The number of aromatic nitrogens is 1. The van der Waals surface area contributed by atoms with Crippen LogP contribution in [-0.4, -0.2) is 4.98 Å². The summed E-state index contributed by atoms with van der Waals surface area (Å²) < 4.78 is 0. The van der Waals surface area contributed by atoms with Crippen LogP contribution in [-0.2, 0) is 12.8 Å². The van der Waals surface area contributed by atoms with Gasteiger partial charge in [0.2, 0.25) is 0 Å². The third-order valence-electron chi connectivity index (χ3n) is 2.65. The molecule has 2 rings (SSSR count). The molecule has 0 aliphatic heterocycles. The van der Waals surface area contributed by atoms with Crippen molar-refractivity contribution in [3.63, 3.8) is 0 Å². The van der Waals surface area contributed by atoms with E-state index in [1.165, 1.54) is 22.4 Å². The van der Waals surface area contributed by atoms with Crippen molar-refractivity contribution in [3.8, 4) is 0 Å². The summed E-state index contributed by atoms with van der Waals surface area (Å²) in [5, 5.41) is 0. The average Bonchev–Trinajstić information content (AvgIpc) is 2.43. The zero-order valence-corrected chi connectivity index (χ0v) is 8.30. The Morgan fingerprint density at radius 1 is 1.38 bits per heavy atom. The minimum atomic E-state index is 0.600. The summed E-state index contributed by atoms with van der Waals surface area (Å²) in [5.74, 6) is 0.600. The van der Waals surface area contributed by atoms with Crippen molar-refractivity contribution in [3.05, 3.63) is 41.2 Å². The maximum Gasteiger partial charge on any atom is 0.0482 e. The van der Waals surface area contributed by atoms with E-state index in [4.69, 9.17) is 0 Å². The molecule has 1 aliphatic carbocycles. The highest BCUT2D eigenvalue weighted by atomic mass is 14.7. The lowest BCUT2D eigenvalue weighted by Crippen LogP contribution is -1.97. The van der Waals surface area contributed by atoms with Gasteiger partial charge in [-0.05, 0) is 29.5 Å². The molecule has 0 spiro atoms. The Morgan fingerprint density at radius 3 is 2.85 bits per heavy atom. The highest BCUT2D eigenvalue weighted by Gasteiger charge is 2.19. The van der Waals surface area contributed by atoms with Crippen molar-refractivity contribution in [2.45, 2.75) is 32.6 Å². The molecular formula is C12H15N. The van der Waals surface area contributed by atoms with Crippen LogP contribution in [0.25, 0.3) is 0 Å². The van der Waals surface area contributed by atoms with E-state index in [1.807, 2.05) is 6.20 Å². The molecule has 0 N–H and O–H groups in total. The van der Waals surface area contributed by atoms with Crippen LogP contribution in [0.15, 0.2) is 24.4 Å². The maximum absolute atomic E-state index is 4.39. The summed E-state index contributed by atoms with van der Waals surface area (Å²) in [5.41, 5.74) is 5.43. The Balaban J connectivity index is 2.51. The maximum atomic E-state index is 4.39. The Bertz CT molecular complexity index is 350. The fourth-order valence-electron chi connectivity index (χ4n) is 2.00. The quantitative estimate of drug-likeness (QED) is 0.595. The van der Waals surface area contributed by atoms with Crippen LogP contribution >= 0.6 is 0 Å². The molecule has 1 aliphatic rings. The Labute approximate surface area is 79.5 Å². The SMILES string of the molecule is C=C1Cc2nccc(C(C)C)c2C1. The molecule has 1 aromatic heterocycles. The molecule has 0 aromatic carbocycles. The molecule has 0 radical (unpaired) electrons. The van der Waals surface area contributed by atoms with Gasteiger partial charge in [0.25, 0.3) is 0 Å². The molecule has 0 atom stereocenters. The van der Waals surface area contributed by atoms with Gasteiger partial charge < -0.3 is 0 Å². The Hall–Kier alpha value is -1.11. The summed E-state index contributed by atoms with van der Waals surface area (Å²) in [7, 11) is 0. The number of hydrogen-bond donors (Lipinski definition) is 0. The fourth-order valence-corrected chi connectivity index (χ4v) is 2.00. The first kappa shape index (κ1) is 8.49. The second-order valence-corrected chi connectivity index (χ2v) is 4.08. The summed E-state index contributed by atoms with van der Waals surface area (Å²) in [6.45, 7) is 8.50. The zero-order valence-electron chi connectivity index (χ0n) is 8.30. The van der Waals surface area contributed by atoms with Gasteiger partial charge in [0.1, 0.15) is 0 Å². The molecule has 1 heteroatoms. The van der Waals surface area contributed by atoms with Crippen molar-refractivity contribution in [2.75, 3.05) is 0 Å². The van der Waals surface area contributed by atoms with E-state index in [2.05, 4.69) is 31.5 Å². The van der Waals surface area contributed by atoms with E-state index in [1.54, 1.807) is 0 Å². The lowest BCUT2D eigenvalue weighted by Gasteiger charge is -2.09. The van der Waals surface area contributed by atoms with Crippen LogP contribution in [0, 0.1) is 0 Å². The van der Waals surface area contributed by atoms with Crippen molar-refractivity contribution in [2.24, 2.45) is 0 Å². The van der Waals surface area contributed by atoms with Crippen molar-refractivity contribution in [1.82, 2.24) is 4.98 Å². The summed E-state index contributed by atoms with van der Waals surface area (Å²) in [4.78, 5) is 4.39. The lowest BCUT2D eigenvalue weighted by molar-refractivity contribution is 0.845. The van der Waals surface area contributed by atoms with Gasteiger partial charge in [0.15, 0.2) is 0 Å². The average molecular weight is 173 g/mol. The molecule has 0 fully saturated rings. The molecular weight excluding hydrogens is 158 g/mol. The molecule has 0 bridgehead atoms. The van der Waals surface area contributed by atoms with Crippen LogP contribution in [0.4, 0.5) is 0 Å². The number of rotatable bonds is 1. The summed E-state index contributed by atoms with van der Waals surface area (Å²) >= 11 is 0. The first-order valence-electron chi connectivity index (χ1n) is 4.81. The number of allylic oxidation sites excluding steroid dienone is 1. The van der Waals surface area contributed by atoms with E-state index in [0.717, 1.165) is 12.8 Å². The lowest BCUT2D eigenvalue weighted by atomic mass is 9.97. The highest BCUT2D eigenvalue weighted by Crippen LogP contribution is 2.30. The number of pyridine rings is 1. The van der Waals surface area contributed by atoms with Crippen LogP contribution in [0.1, 0.15) is 36.6 Å². The highest BCUT2D eigenvalue weighted by molar-refractivity contribution is 5.42. The smallest absolute Gasteiger partial charge is 0.0482 e. The third-order valence-corrected chi connectivity index (χ3v) is 2.65. The van der Waals surface area contributed by atoms with E-state index < -0.39 is 0 Å². The molecule has 0 saturated carbocycles. The van der Waals surface area contributed by atoms with E-state index >= 15 is 0 Å². The first-order chi connectivity index (χ1) is 6.18. The van der Waals surface area contributed by atoms with Gasteiger partial charge in [0.05, 0.1) is 0 Å². The Kier molecular flexibility index (Phi) is 1.95. The zero-order chi connectivity index (χ0) is 9.42. The van der Waals surface area contributed by atoms with Crippen molar-refractivity contribution >= 4 is 0 Å². The van der Waals surface area contributed by atoms with Crippen LogP contribution in [0.2, 0.25) is 0 Å². The van der Waals surface area contributed by atoms with Gasteiger partial charge in [0, 0.05) is 18.3 Å². The number of nitrogens with zero attached hydrogens (tertiary/aromatic N) is 1. The second kappa shape index (κ2) is 2.99. The first-order valence-corrected chi connectivity index (χ1v) is 4.81. The van der Waals surface area contributed by atoms with Gasteiger partial charge in [-0.15, -0.1) is 0 Å².